The summed E-state index contributed by atoms with van der Waals surface area (Å²) in [7, 11) is 0. The molecule has 106 valence electrons. The van der Waals surface area contributed by atoms with E-state index in [9.17, 15) is 4.79 Å². The summed E-state index contributed by atoms with van der Waals surface area (Å²) in [6, 6.07) is 15.5. The van der Waals surface area contributed by atoms with Crippen molar-refractivity contribution in [2.45, 2.75) is 16.6 Å². The van der Waals surface area contributed by atoms with E-state index in [0.717, 1.165) is 6.42 Å². The molecule has 0 saturated carbocycles. The fraction of sp³-hybridized carbons (Fsp3) is 0.125. The molecule has 3 nitrogen and oxygen atoms in total. The highest BCUT2D eigenvalue weighted by molar-refractivity contribution is 8.01. The quantitative estimate of drug-likeness (QED) is 0.855. The molecule has 0 bridgehead atoms. The molecule has 2 aromatic rings. The molecule has 21 heavy (non-hydrogen) atoms. The maximum Gasteiger partial charge on any atom is 0.238 e. The zero-order chi connectivity index (χ0) is 14.8. The van der Waals surface area contributed by atoms with Gasteiger partial charge in [-0.05, 0) is 30.2 Å². The second kappa shape index (κ2) is 5.87. The number of benzene rings is 2. The van der Waals surface area contributed by atoms with Gasteiger partial charge >= 0.3 is 0 Å². The molecule has 0 saturated heterocycles. The van der Waals surface area contributed by atoms with Crippen LogP contribution in [0.15, 0.2) is 53.4 Å². The van der Waals surface area contributed by atoms with Crippen LogP contribution in [0.5, 0.6) is 0 Å². The molecule has 1 aliphatic heterocycles. The number of hydrogen-bond acceptors (Lipinski definition) is 3. The van der Waals surface area contributed by atoms with E-state index in [4.69, 9.17) is 18.0 Å². The van der Waals surface area contributed by atoms with Gasteiger partial charge in [0.25, 0.3) is 0 Å². The van der Waals surface area contributed by atoms with E-state index in [1.807, 2.05) is 36.4 Å². The van der Waals surface area contributed by atoms with Crippen LogP contribution in [0.1, 0.15) is 11.1 Å². The second-order valence-electron chi connectivity index (χ2n) is 4.82. The summed E-state index contributed by atoms with van der Waals surface area (Å²) in [6.07, 6.45) is 0.752. The molecular weight excluding hydrogens is 300 g/mol. The van der Waals surface area contributed by atoms with E-state index in [-0.39, 0.29) is 16.1 Å². The zero-order valence-electron chi connectivity index (χ0n) is 11.2. The highest BCUT2D eigenvalue weighted by Gasteiger charge is 2.28. The molecule has 3 N–H and O–H groups in total. The number of carbonyl (C=O) groups is 1. The zero-order valence-corrected chi connectivity index (χ0v) is 12.8. The van der Waals surface area contributed by atoms with Gasteiger partial charge in [-0.3, -0.25) is 4.79 Å². The minimum atomic E-state index is -0.109. The first kappa shape index (κ1) is 14.1. The average Bonchev–Trinajstić information content (AvgIpc) is 2.91. The fourth-order valence-corrected chi connectivity index (χ4v) is 3.72. The van der Waals surface area contributed by atoms with Gasteiger partial charge in [0.1, 0.15) is 4.99 Å². The number of para-hydroxylation sites is 1. The van der Waals surface area contributed by atoms with Crippen molar-refractivity contribution in [3.8, 4) is 0 Å². The van der Waals surface area contributed by atoms with Crippen LogP contribution in [0, 0.1) is 0 Å². The SMILES string of the molecule is NC(=S)c1ccccc1NC(=O)C1Cc2ccccc2S1. The van der Waals surface area contributed by atoms with Crippen molar-refractivity contribution in [2.24, 2.45) is 5.73 Å². The maximum absolute atomic E-state index is 12.4. The number of nitrogens with two attached hydrogens (primary N) is 1. The van der Waals surface area contributed by atoms with Gasteiger partial charge in [0.15, 0.2) is 0 Å². The van der Waals surface area contributed by atoms with Gasteiger partial charge < -0.3 is 11.1 Å². The minimum Gasteiger partial charge on any atom is -0.389 e. The van der Waals surface area contributed by atoms with Crippen LogP contribution in [-0.2, 0) is 11.2 Å². The van der Waals surface area contributed by atoms with Gasteiger partial charge in [-0.1, -0.05) is 42.5 Å². The number of thioether (sulfide) groups is 1. The summed E-state index contributed by atoms with van der Waals surface area (Å²) in [5, 5.41) is 2.83. The van der Waals surface area contributed by atoms with Crippen molar-refractivity contribution in [1.82, 2.24) is 0 Å². The van der Waals surface area contributed by atoms with Crippen LogP contribution in [0.4, 0.5) is 5.69 Å². The Morgan fingerprint density at radius 1 is 1.19 bits per heavy atom. The van der Waals surface area contributed by atoms with Gasteiger partial charge in [-0.2, -0.15) is 0 Å². The molecule has 1 heterocycles. The van der Waals surface area contributed by atoms with E-state index in [1.165, 1.54) is 10.5 Å². The van der Waals surface area contributed by atoms with Gasteiger partial charge in [-0.25, -0.2) is 0 Å². The molecule has 0 spiro atoms. The Labute approximate surface area is 132 Å². The van der Waals surface area contributed by atoms with Crippen LogP contribution in [0.25, 0.3) is 0 Å². The molecule has 0 fully saturated rings. The summed E-state index contributed by atoms with van der Waals surface area (Å²) in [5.41, 5.74) is 8.28. The largest absolute Gasteiger partial charge is 0.389 e. The Hall–Kier alpha value is -1.85. The molecule has 0 aromatic heterocycles. The van der Waals surface area contributed by atoms with E-state index >= 15 is 0 Å². The number of nitrogens with one attached hydrogen (secondary N) is 1. The Morgan fingerprint density at radius 3 is 2.67 bits per heavy atom. The summed E-state index contributed by atoms with van der Waals surface area (Å²) >= 11 is 6.62. The Bertz CT molecular complexity index is 690. The molecule has 1 atom stereocenters. The van der Waals surface area contributed by atoms with E-state index < -0.39 is 0 Å². The lowest BCUT2D eigenvalue weighted by molar-refractivity contribution is -0.115. The predicted molar refractivity (Wildman–Crippen MR) is 90.8 cm³/mol. The van der Waals surface area contributed by atoms with Crippen molar-refractivity contribution < 1.29 is 4.79 Å². The summed E-state index contributed by atoms with van der Waals surface area (Å²) in [6.45, 7) is 0. The van der Waals surface area contributed by atoms with Gasteiger partial charge in [0, 0.05) is 10.5 Å². The average molecular weight is 314 g/mol. The molecule has 1 amide bonds. The smallest absolute Gasteiger partial charge is 0.238 e. The molecule has 1 aliphatic rings. The molecule has 5 heteroatoms. The van der Waals surface area contributed by atoms with E-state index in [1.54, 1.807) is 11.8 Å². The highest BCUT2D eigenvalue weighted by atomic mass is 32.2. The Balaban J connectivity index is 1.76. The van der Waals surface area contributed by atoms with E-state index in [2.05, 4.69) is 17.4 Å². The van der Waals surface area contributed by atoms with Gasteiger partial charge in [0.05, 0.1) is 10.9 Å². The third-order valence-electron chi connectivity index (χ3n) is 3.39. The number of fused-ring (bicyclic) bond motifs is 1. The van der Waals surface area contributed by atoms with Crippen molar-refractivity contribution in [2.75, 3.05) is 5.32 Å². The first-order valence-corrected chi connectivity index (χ1v) is 7.88. The minimum absolute atomic E-state index is 0.0140. The molecular formula is C16H14N2OS2. The van der Waals surface area contributed by atoms with Crippen LogP contribution in [0.2, 0.25) is 0 Å². The number of amides is 1. The number of anilines is 1. The third kappa shape index (κ3) is 2.94. The van der Waals surface area contributed by atoms with Crippen LogP contribution in [0.3, 0.4) is 0 Å². The lowest BCUT2D eigenvalue weighted by atomic mass is 10.1. The molecule has 2 aromatic carbocycles. The predicted octanol–water partition coefficient (Wildman–Crippen LogP) is 2.98. The summed E-state index contributed by atoms with van der Waals surface area (Å²) < 4.78 is 0. The van der Waals surface area contributed by atoms with Gasteiger partial charge in [-0.15, -0.1) is 11.8 Å². The van der Waals surface area contributed by atoms with Crippen molar-refractivity contribution in [1.29, 1.82) is 0 Å². The normalized spacial score (nSPS) is 16.3. The van der Waals surface area contributed by atoms with Crippen LogP contribution in [-0.4, -0.2) is 16.1 Å². The van der Waals surface area contributed by atoms with Crippen LogP contribution >= 0.6 is 24.0 Å². The number of rotatable bonds is 3. The highest BCUT2D eigenvalue weighted by Crippen LogP contribution is 2.37. The number of hydrogen-bond donors (Lipinski definition) is 2. The maximum atomic E-state index is 12.4. The molecule has 0 radical (unpaired) electrons. The standard InChI is InChI=1S/C16H14N2OS2/c17-15(20)11-6-2-3-7-12(11)18-16(19)14-9-10-5-1-4-8-13(10)21-14/h1-8,14H,9H2,(H2,17,20)(H,18,19). The Kier molecular flexibility index (Phi) is 3.94. The topological polar surface area (TPSA) is 55.1 Å². The Morgan fingerprint density at radius 2 is 1.90 bits per heavy atom. The lowest BCUT2D eigenvalue weighted by Crippen LogP contribution is -2.26. The van der Waals surface area contributed by atoms with Crippen molar-refractivity contribution in [3.63, 3.8) is 0 Å². The van der Waals surface area contributed by atoms with Crippen molar-refractivity contribution >= 4 is 40.6 Å². The second-order valence-corrected chi connectivity index (χ2v) is 6.50. The first-order chi connectivity index (χ1) is 10.1. The first-order valence-electron chi connectivity index (χ1n) is 6.59. The molecule has 3 rings (SSSR count). The van der Waals surface area contributed by atoms with Crippen LogP contribution < -0.4 is 11.1 Å². The van der Waals surface area contributed by atoms with Crippen molar-refractivity contribution in [3.05, 3.63) is 59.7 Å². The summed E-state index contributed by atoms with van der Waals surface area (Å²) in [5.74, 6) is -0.0140. The number of carbonyl (C=O) groups excluding carboxylic acids is 1. The molecule has 1 unspecified atom stereocenters. The third-order valence-corrected chi connectivity index (χ3v) is 4.93. The monoisotopic (exact) mass is 314 g/mol. The van der Waals surface area contributed by atoms with Gasteiger partial charge in [0.2, 0.25) is 5.91 Å². The number of thiocarbonyl (C=S) groups is 1. The van der Waals surface area contributed by atoms with E-state index in [0.29, 0.717) is 11.3 Å². The summed E-state index contributed by atoms with van der Waals surface area (Å²) in [4.78, 5) is 13.9. The lowest BCUT2D eigenvalue weighted by Gasteiger charge is -2.13. The molecule has 0 aliphatic carbocycles. The fourth-order valence-electron chi connectivity index (χ4n) is 2.35.